The number of nitrogens with one attached hydrogen (secondary N) is 1. The van der Waals surface area contributed by atoms with Gasteiger partial charge in [-0.3, -0.25) is 4.79 Å². The van der Waals surface area contributed by atoms with Crippen molar-refractivity contribution in [3.8, 4) is 0 Å². The van der Waals surface area contributed by atoms with Gasteiger partial charge in [-0.2, -0.15) is 0 Å². The lowest BCUT2D eigenvalue weighted by atomic mass is 10.1. The largest absolute Gasteiger partial charge is 0.356 e. The van der Waals surface area contributed by atoms with Gasteiger partial charge in [0.05, 0.1) is 0 Å². The maximum absolute atomic E-state index is 12.4. The van der Waals surface area contributed by atoms with Gasteiger partial charge in [-0.25, -0.2) is 9.97 Å². The van der Waals surface area contributed by atoms with Crippen LogP contribution in [0.1, 0.15) is 61.3 Å². The van der Waals surface area contributed by atoms with Crippen molar-refractivity contribution in [3.63, 3.8) is 0 Å². The lowest BCUT2D eigenvalue weighted by Gasteiger charge is -2.28. The molecule has 1 N–H and O–H groups in total. The van der Waals surface area contributed by atoms with Gasteiger partial charge in [-0.1, -0.05) is 12.8 Å². The van der Waals surface area contributed by atoms with Crippen molar-refractivity contribution in [1.29, 1.82) is 0 Å². The Morgan fingerprint density at radius 3 is 2.57 bits per heavy atom. The number of carbonyl (C=O) groups excluding carboxylic acids is 1. The first-order valence-electron chi connectivity index (χ1n) is 8.14. The molecule has 1 aromatic rings. The highest BCUT2D eigenvalue weighted by Crippen LogP contribution is 2.20. The molecule has 1 aromatic heterocycles. The zero-order valence-corrected chi connectivity index (χ0v) is 12.8. The summed E-state index contributed by atoms with van der Waals surface area (Å²) in [7, 11) is 0. The molecule has 5 heteroatoms. The zero-order valence-electron chi connectivity index (χ0n) is 12.8. The number of aryl methyl sites for hydroxylation is 1. The number of nitrogens with zero attached hydrogens (tertiary/aromatic N) is 3. The molecular weight excluding hydrogens is 264 g/mol. The topological polar surface area (TPSA) is 58.1 Å². The van der Waals surface area contributed by atoms with Gasteiger partial charge < -0.3 is 10.2 Å². The Labute approximate surface area is 126 Å². The third kappa shape index (κ3) is 3.52. The SMILES string of the molecule is Cc1nc(C(=O)NC2CCCC2)cc(N2CCCCC2)n1. The monoisotopic (exact) mass is 288 g/mol. The van der Waals surface area contributed by atoms with Crippen LogP contribution in [0, 0.1) is 6.92 Å². The van der Waals surface area contributed by atoms with Crippen LogP contribution >= 0.6 is 0 Å². The summed E-state index contributed by atoms with van der Waals surface area (Å²) in [5, 5.41) is 3.10. The number of amides is 1. The molecule has 1 saturated carbocycles. The van der Waals surface area contributed by atoms with Crippen LogP contribution in [0.25, 0.3) is 0 Å². The fourth-order valence-electron chi connectivity index (χ4n) is 3.28. The molecule has 114 valence electrons. The number of aromatic nitrogens is 2. The number of piperidine rings is 1. The number of carbonyl (C=O) groups is 1. The third-order valence-corrected chi connectivity index (χ3v) is 4.43. The summed E-state index contributed by atoms with van der Waals surface area (Å²) in [4.78, 5) is 23.5. The van der Waals surface area contributed by atoms with Crippen LogP contribution in [0.15, 0.2) is 6.07 Å². The first-order chi connectivity index (χ1) is 10.2. The minimum atomic E-state index is -0.0503. The standard InChI is InChI=1S/C16H24N4O/c1-12-17-14(16(21)19-13-7-3-4-8-13)11-15(18-12)20-9-5-2-6-10-20/h11,13H,2-10H2,1H3,(H,19,21). The van der Waals surface area contributed by atoms with Crippen LogP contribution in [-0.2, 0) is 0 Å². The van der Waals surface area contributed by atoms with Gasteiger partial charge in [0.15, 0.2) is 0 Å². The second-order valence-corrected chi connectivity index (χ2v) is 6.16. The van der Waals surface area contributed by atoms with Crippen molar-refractivity contribution >= 4 is 11.7 Å². The van der Waals surface area contributed by atoms with Gasteiger partial charge in [0.2, 0.25) is 0 Å². The Morgan fingerprint density at radius 1 is 1.14 bits per heavy atom. The molecule has 3 rings (SSSR count). The van der Waals surface area contributed by atoms with E-state index in [0.717, 1.165) is 31.7 Å². The van der Waals surface area contributed by atoms with E-state index >= 15 is 0 Å². The van der Waals surface area contributed by atoms with Crippen molar-refractivity contribution in [1.82, 2.24) is 15.3 Å². The normalized spacial score (nSPS) is 19.8. The van der Waals surface area contributed by atoms with E-state index in [2.05, 4.69) is 20.2 Å². The van der Waals surface area contributed by atoms with Crippen LogP contribution < -0.4 is 10.2 Å². The van der Waals surface area contributed by atoms with Crippen LogP contribution in [0.2, 0.25) is 0 Å². The van der Waals surface area contributed by atoms with E-state index in [1.807, 2.05) is 13.0 Å². The highest BCUT2D eigenvalue weighted by Gasteiger charge is 2.20. The smallest absolute Gasteiger partial charge is 0.270 e. The van der Waals surface area contributed by atoms with Crippen molar-refractivity contribution < 1.29 is 4.79 Å². The molecular formula is C16H24N4O. The Kier molecular flexibility index (Phi) is 4.36. The maximum atomic E-state index is 12.4. The first kappa shape index (κ1) is 14.3. The average Bonchev–Trinajstić information content (AvgIpc) is 3.00. The molecule has 1 aliphatic heterocycles. The third-order valence-electron chi connectivity index (χ3n) is 4.43. The van der Waals surface area contributed by atoms with E-state index in [1.54, 1.807) is 0 Å². The molecule has 2 fully saturated rings. The van der Waals surface area contributed by atoms with Gasteiger partial charge in [-0.15, -0.1) is 0 Å². The summed E-state index contributed by atoms with van der Waals surface area (Å²) < 4.78 is 0. The second kappa shape index (κ2) is 6.41. The average molecular weight is 288 g/mol. The van der Waals surface area contributed by atoms with E-state index in [1.165, 1.54) is 32.1 Å². The lowest BCUT2D eigenvalue weighted by Crippen LogP contribution is -2.34. The minimum Gasteiger partial charge on any atom is -0.356 e. The van der Waals surface area contributed by atoms with E-state index in [4.69, 9.17) is 0 Å². The van der Waals surface area contributed by atoms with Gasteiger partial charge >= 0.3 is 0 Å². The number of rotatable bonds is 3. The van der Waals surface area contributed by atoms with Crippen LogP contribution in [-0.4, -0.2) is 35.0 Å². The number of hydrogen-bond donors (Lipinski definition) is 1. The molecule has 0 aromatic carbocycles. The number of hydrogen-bond acceptors (Lipinski definition) is 4. The molecule has 0 atom stereocenters. The van der Waals surface area contributed by atoms with Gasteiger partial charge in [0, 0.05) is 25.2 Å². The Morgan fingerprint density at radius 2 is 1.86 bits per heavy atom. The predicted octanol–water partition coefficient (Wildman–Crippen LogP) is 2.45. The molecule has 5 nitrogen and oxygen atoms in total. The zero-order chi connectivity index (χ0) is 14.7. The summed E-state index contributed by atoms with van der Waals surface area (Å²) in [6.45, 7) is 3.92. The Bertz CT molecular complexity index is 505. The van der Waals surface area contributed by atoms with Gasteiger partial charge in [0.1, 0.15) is 17.3 Å². The fourth-order valence-corrected chi connectivity index (χ4v) is 3.28. The molecule has 0 radical (unpaired) electrons. The fraction of sp³-hybridized carbons (Fsp3) is 0.688. The highest BCUT2D eigenvalue weighted by molar-refractivity contribution is 5.93. The molecule has 0 unspecified atom stereocenters. The molecule has 2 aliphatic rings. The molecule has 0 spiro atoms. The lowest BCUT2D eigenvalue weighted by molar-refractivity contribution is 0.0932. The Balaban J connectivity index is 1.74. The van der Waals surface area contributed by atoms with Gasteiger partial charge in [0.25, 0.3) is 5.91 Å². The quantitative estimate of drug-likeness (QED) is 0.928. The van der Waals surface area contributed by atoms with Crippen molar-refractivity contribution in [2.75, 3.05) is 18.0 Å². The molecule has 21 heavy (non-hydrogen) atoms. The molecule has 1 aliphatic carbocycles. The van der Waals surface area contributed by atoms with Crippen molar-refractivity contribution in [3.05, 3.63) is 17.6 Å². The molecule has 1 amide bonds. The highest BCUT2D eigenvalue weighted by atomic mass is 16.1. The number of anilines is 1. The second-order valence-electron chi connectivity index (χ2n) is 6.16. The summed E-state index contributed by atoms with van der Waals surface area (Å²) >= 11 is 0. The summed E-state index contributed by atoms with van der Waals surface area (Å²) in [6.07, 6.45) is 8.30. The minimum absolute atomic E-state index is 0.0503. The summed E-state index contributed by atoms with van der Waals surface area (Å²) in [5.41, 5.74) is 0.509. The summed E-state index contributed by atoms with van der Waals surface area (Å²) in [6, 6.07) is 2.17. The van der Waals surface area contributed by atoms with Crippen LogP contribution in [0.5, 0.6) is 0 Å². The maximum Gasteiger partial charge on any atom is 0.270 e. The first-order valence-corrected chi connectivity index (χ1v) is 8.14. The van der Waals surface area contributed by atoms with E-state index in [-0.39, 0.29) is 5.91 Å². The summed E-state index contributed by atoms with van der Waals surface area (Å²) in [5.74, 6) is 1.53. The predicted molar refractivity (Wildman–Crippen MR) is 82.6 cm³/mol. The molecule has 1 saturated heterocycles. The van der Waals surface area contributed by atoms with E-state index < -0.39 is 0 Å². The molecule has 2 heterocycles. The Hall–Kier alpha value is -1.65. The van der Waals surface area contributed by atoms with Crippen molar-refractivity contribution in [2.45, 2.75) is 57.9 Å². The molecule has 0 bridgehead atoms. The van der Waals surface area contributed by atoms with Crippen LogP contribution in [0.4, 0.5) is 5.82 Å². The van der Waals surface area contributed by atoms with Crippen molar-refractivity contribution in [2.24, 2.45) is 0 Å². The van der Waals surface area contributed by atoms with E-state index in [0.29, 0.717) is 17.6 Å². The van der Waals surface area contributed by atoms with Gasteiger partial charge in [-0.05, 0) is 39.0 Å². The van der Waals surface area contributed by atoms with E-state index in [9.17, 15) is 4.79 Å². The van der Waals surface area contributed by atoms with Crippen LogP contribution in [0.3, 0.4) is 0 Å².